The summed E-state index contributed by atoms with van der Waals surface area (Å²) < 4.78 is 7.08. The lowest BCUT2D eigenvalue weighted by Gasteiger charge is -2.36. The Balaban J connectivity index is 1.37. The molecule has 1 aliphatic heterocycles. The normalized spacial score (nSPS) is 13.6. The van der Waals surface area contributed by atoms with Crippen LogP contribution in [0.15, 0.2) is 91.0 Å². The fraction of sp³-hybridized carbons (Fsp3) is 0.167. The number of benzene rings is 3. The SMILES string of the molecule is COc1cccc(-c2cc(C(=O)N3CCN(c4ccccc4Cl)CC3)n3nc(-c4ccccc4)cc3n2)c1. The molecule has 0 aliphatic carbocycles. The summed E-state index contributed by atoms with van der Waals surface area (Å²) in [5.74, 6) is 0.647. The van der Waals surface area contributed by atoms with Gasteiger partial charge in [-0.25, -0.2) is 9.50 Å². The molecule has 0 atom stereocenters. The third kappa shape index (κ3) is 4.57. The van der Waals surface area contributed by atoms with Crippen molar-refractivity contribution in [2.75, 3.05) is 38.2 Å². The van der Waals surface area contributed by atoms with Crippen LogP contribution in [0.25, 0.3) is 28.2 Å². The molecule has 1 fully saturated rings. The Hall–Kier alpha value is -4.36. The largest absolute Gasteiger partial charge is 0.497 e. The van der Waals surface area contributed by atoms with Crippen molar-refractivity contribution in [2.24, 2.45) is 0 Å². The Labute approximate surface area is 225 Å². The van der Waals surface area contributed by atoms with Gasteiger partial charge in [-0.3, -0.25) is 4.79 Å². The van der Waals surface area contributed by atoms with E-state index in [-0.39, 0.29) is 5.91 Å². The minimum Gasteiger partial charge on any atom is -0.497 e. The van der Waals surface area contributed by atoms with Crippen molar-refractivity contribution in [3.63, 3.8) is 0 Å². The Morgan fingerprint density at radius 3 is 2.32 bits per heavy atom. The summed E-state index contributed by atoms with van der Waals surface area (Å²) in [6, 6.07) is 29.2. The number of anilines is 1. The van der Waals surface area contributed by atoms with Crippen molar-refractivity contribution in [3.05, 3.63) is 102 Å². The fourth-order valence-corrected chi connectivity index (χ4v) is 5.08. The highest BCUT2D eigenvalue weighted by atomic mass is 35.5. The molecule has 1 aliphatic rings. The van der Waals surface area contributed by atoms with E-state index in [1.165, 1.54) is 0 Å². The summed E-state index contributed by atoms with van der Waals surface area (Å²) in [6.07, 6.45) is 0. The van der Waals surface area contributed by atoms with Crippen molar-refractivity contribution in [2.45, 2.75) is 0 Å². The Morgan fingerprint density at radius 1 is 0.816 bits per heavy atom. The third-order valence-corrected chi connectivity index (χ3v) is 7.16. The molecule has 0 bridgehead atoms. The number of rotatable bonds is 5. The van der Waals surface area contributed by atoms with E-state index in [9.17, 15) is 4.79 Å². The van der Waals surface area contributed by atoms with Gasteiger partial charge in [0.1, 0.15) is 11.4 Å². The maximum absolute atomic E-state index is 13.9. The van der Waals surface area contributed by atoms with Crippen molar-refractivity contribution >= 4 is 28.8 Å². The first-order valence-corrected chi connectivity index (χ1v) is 12.9. The first-order valence-electron chi connectivity index (χ1n) is 12.5. The molecule has 0 saturated carbocycles. The van der Waals surface area contributed by atoms with Crippen LogP contribution in [0.4, 0.5) is 5.69 Å². The van der Waals surface area contributed by atoms with Crippen LogP contribution in [0.5, 0.6) is 5.75 Å². The number of hydrogen-bond acceptors (Lipinski definition) is 5. The van der Waals surface area contributed by atoms with E-state index in [1.54, 1.807) is 11.6 Å². The van der Waals surface area contributed by atoms with Gasteiger partial charge in [-0.05, 0) is 30.3 Å². The zero-order valence-corrected chi connectivity index (χ0v) is 21.7. The second-order valence-electron chi connectivity index (χ2n) is 9.15. The molecule has 3 aromatic carbocycles. The van der Waals surface area contributed by atoms with E-state index in [1.807, 2.05) is 95.9 Å². The second kappa shape index (κ2) is 10.2. The van der Waals surface area contributed by atoms with Gasteiger partial charge in [0, 0.05) is 43.4 Å². The molecule has 1 amide bonds. The Bertz CT molecular complexity index is 1610. The van der Waals surface area contributed by atoms with Crippen LogP contribution >= 0.6 is 11.6 Å². The predicted octanol–water partition coefficient (Wildman–Crippen LogP) is 5.69. The van der Waals surface area contributed by atoms with Gasteiger partial charge in [0.2, 0.25) is 0 Å². The number of methoxy groups -OCH3 is 1. The summed E-state index contributed by atoms with van der Waals surface area (Å²) >= 11 is 6.42. The molecular formula is C30H26ClN5O2. The number of carbonyl (C=O) groups is 1. The van der Waals surface area contributed by atoms with Crippen LogP contribution in [0.1, 0.15) is 10.5 Å². The molecule has 0 spiro atoms. The van der Waals surface area contributed by atoms with Crippen LogP contribution in [-0.4, -0.2) is 58.7 Å². The quantitative estimate of drug-likeness (QED) is 0.296. The lowest BCUT2D eigenvalue weighted by Crippen LogP contribution is -2.49. The minimum absolute atomic E-state index is 0.0805. The van der Waals surface area contributed by atoms with Gasteiger partial charge in [0.25, 0.3) is 5.91 Å². The van der Waals surface area contributed by atoms with Gasteiger partial charge in [0.05, 0.1) is 29.2 Å². The van der Waals surface area contributed by atoms with Crippen molar-refractivity contribution in [3.8, 4) is 28.3 Å². The molecule has 5 aromatic rings. The van der Waals surface area contributed by atoms with Crippen LogP contribution in [0, 0.1) is 0 Å². The maximum atomic E-state index is 13.9. The number of halogens is 1. The van der Waals surface area contributed by atoms with Crippen LogP contribution < -0.4 is 9.64 Å². The zero-order valence-electron chi connectivity index (χ0n) is 20.9. The molecule has 2 aromatic heterocycles. The first kappa shape index (κ1) is 24.0. The van der Waals surface area contributed by atoms with Crippen LogP contribution in [-0.2, 0) is 0 Å². The zero-order chi connectivity index (χ0) is 26.1. The van der Waals surface area contributed by atoms with E-state index in [2.05, 4.69) is 4.90 Å². The lowest BCUT2D eigenvalue weighted by atomic mass is 10.1. The van der Waals surface area contributed by atoms with Gasteiger partial charge in [-0.15, -0.1) is 0 Å². The fourth-order valence-electron chi connectivity index (χ4n) is 4.83. The predicted molar refractivity (Wildman–Crippen MR) is 150 cm³/mol. The molecule has 8 heteroatoms. The molecule has 7 nitrogen and oxygen atoms in total. The van der Waals surface area contributed by atoms with Gasteiger partial charge >= 0.3 is 0 Å². The molecule has 3 heterocycles. The van der Waals surface area contributed by atoms with E-state index >= 15 is 0 Å². The standard InChI is InChI=1S/C30H26ClN5O2/c1-38-23-11-7-10-22(18-23)25-19-28(36-29(32-25)20-26(33-36)21-8-3-2-4-9-21)30(37)35-16-14-34(15-17-35)27-13-6-5-12-24(27)31/h2-13,18-20H,14-17H2,1H3. The van der Waals surface area contributed by atoms with Gasteiger partial charge in [0.15, 0.2) is 5.65 Å². The number of hydrogen-bond donors (Lipinski definition) is 0. The Kier molecular flexibility index (Phi) is 6.43. The topological polar surface area (TPSA) is 63.0 Å². The number of fused-ring (bicyclic) bond motifs is 1. The van der Waals surface area contributed by atoms with Crippen molar-refractivity contribution in [1.82, 2.24) is 19.5 Å². The van der Waals surface area contributed by atoms with Crippen molar-refractivity contribution in [1.29, 1.82) is 0 Å². The summed E-state index contributed by atoms with van der Waals surface area (Å²) in [4.78, 5) is 22.9. The number of para-hydroxylation sites is 1. The van der Waals surface area contributed by atoms with E-state index < -0.39 is 0 Å². The molecule has 0 radical (unpaired) electrons. The smallest absolute Gasteiger partial charge is 0.272 e. The Morgan fingerprint density at radius 2 is 1.55 bits per heavy atom. The molecule has 190 valence electrons. The third-order valence-electron chi connectivity index (χ3n) is 6.84. The highest BCUT2D eigenvalue weighted by Crippen LogP contribution is 2.28. The first-order chi connectivity index (χ1) is 18.6. The van der Waals surface area contributed by atoms with Crippen molar-refractivity contribution < 1.29 is 9.53 Å². The number of piperazine rings is 1. The molecule has 0 N–H and O–H groups in total. The molecule has 1 saturated heterocycles. The molecule has 38 heavy (non-hydrogen) atoms. The highest BCUT2D eigenvalue weighted by molar-refractivity contribution is 6.33. The van der Waals surface area contributed by atoms with E-state index in [0.717, 1.165) is 33.3 Å². The van der Waals surface area contributed by atoms with E-state index in [4.69, 9.17) is 26.4 Å². The number of nitrogens with zero attached hydrogens (tertiary/aromatic N) is 5. The van der Waals surface area contributed by atoms with Crippen LogP contribution in [0.2, 0.25) is 5.02 Å². The number of amides is 1. The molecule has 6 rings (SSSR count). The number of aromatic nitrogens is 3. The van der Waals surface area contributed by atoms with Gasteiger partial charge in [-0.2, -0.15) is 5.10 Å². The average molecular weight is 524 g/mol. The lowest BCUT2D eigenvalue weighted by molar-refractivity contribution is 0.0738. The second-order valence-corrected chi connectivity index (χ2v) is 9.56. The summed E-state index contributed by atoms with van der Waals surface area (Å²) in [5, 5.41) is 5.51. The minimum atomic E-state index is -0.0805. The highest BCUT2D eigenvalue weighted by Gasteiger charge is 2.26. The monoisotopic (exact) mass is 523 g/mol. The number of ether oxygens (including phenoxy) is 1. The molecule has 0 unspecified atom stereocenters. The maximum Gasteiger partial charge on any atom is 0.272 e. The van der Waals surface area contributed by atoms with E-state index in [0.29, 0.717) is 43.2 Å². The molecular weight excluding hydrogens is 498 g/mol. The average Bonchev–Trinajstić information content (AvgIpc) is 3.42. The summed E-state index contributed by atoms with van der Waals surface area (Å²) in [7, 11) is 1.63. The van der Waals surface area contributed by atoms with Crippen LogP contribution in [0.3, 0.4) is 0 Å². The van der Waals surface area contributed by atoms with Gasteiger partial charge in [-0.1, -0.05) is 66.2 Å². The number of carbonyl (C=O) groups excluding carboxylic acids is 1. The summed E-state index contributed by atoms with van der Waals surface area (Å²) in [5.41, 5.74) is 5.36. The van der Waals surface area contributed by atoms with Gasteiger partial charge < -0.3 is 14.5 Å². The summed E-state index contributed by atoms with van der Waals surface area (Å²) in [6.45, 7) is 2.55.